The quantitative estimate of drug-likeness (QED) is 0.526. The van der Waals surface area contributed by atoms with Crippen LogP contribution in [0.3, 0.4) is 0 Å². The van der Waals surface area contributed by atoms with Gasteiger partial charge < -0.3 is 9.64 Å². The molecule has 1 amide bonds. The fraction of sp³-hybridized carbons (Fsp3) is 0.545. The van der Waals surface area contributed by atoms with E-state index in [-0.39, 0.29) is 11.9 Å². The summed E-state index contributed by atoms with van der Waals surface area (Å²) in [6.45, 7) is 3.01. The summed E-state index contributed by atoms with van der Waals surface area (Å²) >= 11 is 6.44. The molecule has 3 rings (SSSR count). The number of halogens is 1. The molecule has 0 radical (unpaired) electrons. The van der Waals surface area contributed by atoms with E-state index >= 15 is 0 Å². The van der Waals surface area contributed by atoms with Crippen LogP contribution in [0.5, 0.6) is 0 Å². The van der Waals surface area contributed by atoms with Crippen molar-refractivity contribution in [2.75, 3.05) is 13.2 Å². The molecule has 2 fully saturated rings. The molecule has 1 saturated heterocycles. The average Bonchev–Trinajstić information content (AvgIpc) is 3.03. The van der Waals surface area contributed by atoms with E-state index in [9.17, 15) is 9.59 Å². The fourth-order valence-electron chi connectivity index (χ4n) is 4.16. The van der Waals surface area contributed by atoms with Gasteiger partial charge in [-0.3, -0.25) is 4.79 Å². The minimum absolute atomic E-state index is 0.0327. The Morgan fingerprint density at radius 1 is 1.26 bits per heavy atom. The molecular formula is C22H28ClNO3. The number of ether oxygens (including phenoxy) is 1. The molecule has 1 aromatic rings. The van der Waals surface area contributed by atoms with Crippen LogP contribution in [-0.4, -0.2) is 36.0 Å². The molecule has 1 atom stereocenters. The van der Waals surface area contributed by atoms with E-state index < -0.39 is 0 Å². The van der Waals surface area contributed by atoms with Crippen LogP contribution in [0.25, 0.3) is 6.08 Å². The van der Waals surface area contributed by atoms with E-state index in [2.05, 4.69) is 4.90 Å². The predicted octanol–water partition coefficient (Wildman–Crippen LogP) is 4.64. The highest BCUT2D eigenvalue weighted by Gasteiger charge is 2.36. The molecule has 27 heavy (non-hydrogen) atoms. The summed E-state index contributed by atoms with van der Waals surface area (Å²) < 4.78 is 4.88. The van der Waals surface area contributed by atoms with Crippen LogP contribution in [0.2, 0.25) is 5.02 Å². The lowest BCUT2D eigenvalue weighted by atomic mass is 9.94. The van der Waals surface area contributed by atoms with Crippen molar-refractivity contribution in [1.82, 2.24) is 4.90 Å². The normalized spacial score (nSPS) is 21.2. The summed E-state index contributed by atoms with van der Waals surface area (Å²) in [5.74, 6) is -0.0355. The third kappa shape index (κ3) is 5.13. The van der Waals surface area contributed by atoms with Gasteiger partial charge in [-0.2, -0.15) is 0 Å². The van der Waals surface area contributed by atoms with Crippen LogP contribution in [0.4, 0.5) is 0 Å². The van der Waals surface area contributed by atoms with Gasteiger partial charge in [0.05, 0.1) is 6.61 Å². The van der Waals surface area contributed by atoms with E-state index in [0.717, 1.165) is 36.9 Å². The number of amides is 1. The Hall–Kier alpha value is -1.81. The Kier molecular flexibility index (Phi) is 6.95. The second-order valence-electron chi connectivity index (χ2n) is 7.45. The van der Waals surface area contributed by atoms with Crippen molar-refractivity contribution in [2.24, 2.45) is 5.92 Å². The number of carbonyl (C=O) groups is 2. The lowest BCUT2D eigenvalue weighted by Crippen LogP contribution is -2.39. The highest BCUT2D eigenvalue weighted by molar-refractivity contribution is 6.31. The van der Waals surface area contributed by atoms with Crippen LogP contribution in [0.1, 0.15) is 56.6 Å². The number of likely N-dealkylation sites (tertiary alicyclic amines) is 1. The Balaban J connectivity index is 1.60. The van der Waals surface area contributed by atoms with Crippen molar-refractivity contribution in [3.05, 3.63) is 40.4 Å². The summed E-state index contributed by atoms with van der Waals surface area (Å²) in [4.78, 5) is 26.4. The smallest absolute Gasteiger partial charge is 0.330 e. The highest BCUT2D eigenvalue weighted by Crippen LogP contribution is 2.31. The van der Waals surface area contributed by atoms with Gasteiger partial charge in [-0.25, -0.2) is 4.79 Å². The van der Waals surface area contributed by atoms with E-state index in [1.807, 2.05) is 18.2 Å². The van der Waals surface area contributed by atoms with Crippen LogP contribution in [0.15, 0.2) is 24.3 Å². The summed E-state index contributed by atoms with van der Waals surface area (Å²) in [6.07, 6.45) is 10.8. The fourth-order valence-corrected chi connectivity index (χ4v) is 4.43. The van der Waals surface area contributed by atoms with Gasteiger partial charge in [-0.1, -0.05) is 43.0 Å². The maximum Gasteiger partial charge on any atom is 0.330 e. The van der Waals surface area contributed by atoms with E-state index in [4.69, 9.17) is 16.3 Å². The topological polar surface area (TPSA) is 46.6 Å². The zero-order chi connectivity index (χ0) is 19.2. The molecule has 0 spiro atoms. The number of benzene rings is 1. The number of hydrogen-bond donors (Lipinski definition) is 0. The van der Waals surface area contributed by atoms with Crippen LogP contribution in [0, 0.1) is 5.92 Å². The summed E-state index contributed by atoms with van der Waals surface area (Å²) in [6, 6.07) is 6.17. The average molecular weight is 390 g/mol. The number of rotatable bonds is 6. The van der Waals surface area contributed by atoms with Gasteiger partial charge in [0.25, 0.3) is 0 Å². The van der Waals surface area contributed by atoms with Gasteiger partial charge in [0, 0.05) is 29.6 Å². The molecule has 1 saturated carbocycles. The molecule has 0 aromatic heterocycles. The maximum atomic E-state index is 12.8. The molecule has 1 heterocycles. The van der Waals surface area contributed by atoms with Crippen molar-refractivity contribution in [3.63, 3.8) is 0 Å². The molecule has 0 N–H and O–H groups in total. The summed E-state index contributed by atoms with van der Waals surface area (Å²) in [5, 5.41) is 0.643. The first kappa shape index (κ1) is 19.9. The SMILES string of the molecule is CCOC(=O)C=Cc1ccc(CC2CCN(C3CCCCC3)C2=O)c(Cl)c1. The first-order valence-corrected chi connectivity index (χ1v) is 10.4. The lowest BCUT2D eigenvalue weighted by molar-refractivity contribution is -0.137. The molecular weight excluding hydrogens is 362 g/mol. The third-order valence-electron chi connectivity index (χ3n) is 5.61. The Morgan fingerprint density at radius 3 is 2.74 bits per heavy atom. The molecule has 1 unspecified atom stereocenters. The number of hydrogen-bond acceptors (Lipinski definition) is 3. The maximum absolute atomic E-state index is 12.8. The molecule has 1 aliphatic heterocycles. The summed E-state index contributed by atoms with van der Waals surface area (Å²) in [7, 11) is 0. The Morgan fingerprint density at radius 2 is 2.04 bits per heavy atom. The van der Waals surface area contributed by atoms with Gasteiger partial charge in [0.15, 0.2) is 0 Å². The molecule has 146 valence electrons. The van der Waals surface area contributed by atoms with Gasteiger partial charge in [-0.15, -0.1) is 0 Å². The molecule has 0 bridgehead atoms. The van der Waals surface area contributed by atoms with Gasteiger partial charge in [-0.05, 0) is 55.9 Å². The zero-order valence-corrected chi connectivity index (χ0v) is 16.7. The zero-order valence-electron chi connectivity index (χ0n) is 16.0. The minimum atomic E-state index is -0.364. The first-order chi connectivity index (χ1) is 13.1. The Labute approximate surface area is 166 Å². The first-order valence-electron chi connectivity index (χ1n) is 10.0. The molecule has 4 nitrogen and oxygen atoms in total. The largest absolute Gasteiger partial charge is 0.463 e. The van der Waals surface area contributed by atoms with Crippen LogP contribution >= 0.6 is 11.6 Å². The second-order valence-corrected chi connectivity index (χ2v) is 7.86. The molecule has 2 aliphatic rings. The van der Waals surface area contributed by atoms with Gasteiger partial charge in [0.2, 0.25) is 5.91 Å². The van der Waals surface area contributed by atoms with Gasteiger partial charge >= 0.3 is 5.97 Å². The van der Waals surface area contributed by atoms with Crippen molar-refractivity contribution in [1.29, 1.82) is 0 Å². The third-order valence-corrected chi connectivity index (χ3v) is 5.96. The Bertz CT molecular complexity index is 710. The highest BCUT2D eigenvalue weighted by atomic mass is 35.5. The van der Waals surface area contributed by atoms with Gasteiger partial charge in [0.1, 0.15) is 0 Å². The van der Waals surface area contributed by atoms with Crippen molar-refractivity contribution < 1.29 is 14.3 Å². The minimum Gasteiger partial charge on any atom is -0.463 e. The standard InChI is InChI=1S/C22H28ClNO3/c1-2-27-21(25)11-9-16-8-10-17(20(23)14-16)15-18-12-13-24(22(18)26)19-6-4-3-5-7-19/h8-11,14,18-19H,2-7,12-13,15H2,1H3. The van der Waals surface area contributed by atoms with E-state index in [0.29, 0.717) is 30.0 Å². The lowest BCUT2D eigenvalue weighted by Gasteiger charge is -2.31. The number of nitrogens with zero attached hydrogens (tertiary/aromatic N) is 1. The van der Waals surface area contributed by atoms with Crippen LogP contribution < -0.4 is 0 Å². The number of carbonyl (C=O) groups excluding carboxylic acids is 2. The van der Waals surface area contributed by atoms with Crippen molar-refractivity contribution in [3.8, 4) is 0 Å². The van der Waals surface area contributed by atoms with Crippen LogP contribution in [-0.2, 0) is 20.7 Å². The van der Waals surface area contributed by atoms with E-state index in [1.165, 1.54) is 25.3 Å². The second kappa shape index (κ2) is 9.41. The molecule has 1 aromatic carbocycles. The predicted molar refractivity (Wildman–Crippen MR) is 108 cm³/mol. The summed E-state index contributed by atoms with van der Waals surface area (Å²) in [5.41, 5.74) is 1.84. The van der Waals surface area contributed by atoms with Crippen molar-refractivity contribution >= 4 is 29.6 Å². The molecule has 5 heteroatoms. The number of esters is 1. The molecule has 1 aliphatic carbocycles. The monoisotopic (exact) mass is 389 g/mol. The van der Waals surface area contributed by atoms with E-state index in [1.54, 1.807) is 13.0 Å². The van der Waals surface area contributed by atoms with Crippen molar-refractivity contribution in [2.45, 2.75) is 57.9 Å².